The highest BCUT2D eigenvalue weighted by atomic mass is 14.7. The van der Waals surface area contributed by atoms with Gasteiger partial charge in [0.25, 0.3) is 0 Å². The van der Waals surface area contributed by atoms with Gasteiger partial charge in [-0.05, 0) is 67.9 Å². The Balaban J connectivity index is 0.00000110. The van der Waals surface area contributed by atoms with Gasteiger partial charge in [0.2, 0.25) is 0 Å². The second-order valence-electron chi connectivity index (χ2n) is 9.06. The zero-order valence-electron chi connectivity index (χ0n) is 24.6. The highest BCUT2D eigenvalue weighted by Gasteiger charge is 2.21. The fourth-order valence-corrected chi connectivity index (χ4v) is 4.19. The lowest BCUT2D eigenvalue weighted by molar-refractivity contribution is 0.656. The Labute approximate surface area is 219 Å². The van der Waals surface area contributed by atoms with Crippen LogP contribution in [0.15, 0.2) is 59.2 Å². The number of allylic oxidation sites excluding steroid dienone is 2. The summed E-state index contributed by atoms with van der Waals surface area (Å²) in [6, 6.07) is 15.7. The Hall–Kier alpha value is -2.15. The van der Waals surface area contributed by atoms with E-state index in [-0.39, 0.29) is 5.92 Å². The van der Waals surface area contributed by atoms with E-state index in [4.69, 9.17) is 4.99 Å². The van der Waals surface area contributed by atoms with E-state index in [1.807, 2.05) is 27.0 Å². The van der Waals surface area contributed by atoms with Crippen molar-refractivity contribution in [3.05, 3.63) is 82.1 Å². The summed E-state index contributed by atoms with van der Waals surface area (Å²) in [6.45, 7) is 19.4. The van der Waals surface area contributed by atoms with Crippen molar-refractivity contribution in [3.63, 3.8) is 0 Å². The zero-order valence-corrected chi connectivity index (χ0v) is 24.6. The minimum atomic E-state index is 0.188. The predicted octanol–water partition coefficient (Wildman–Crippen LogP) is 11.2. The molecule has 1 atom stereocenters. The van der Waals surface area contributed by atoms with Crippen molar-refractivity contribution in [2.75, 3.05) is 0 Å². The highest BCUT2D eigenvalue weighted by Crippen LogP contribution is 2.36. The van der Waals surface area contributed by atoms with Gasteiger partial charge in [0.15, 0.2) is 0 Å². The Kier molecular flexibility index (Phi) is 19.9. The number of rotatable bonds is 12. The van der Waals surface area contributed by atoms with Crippen LogP contribution in [0.3, 0.4) is 0 Å². The van der Waals surface area contributed by atoms with Crippen LogP contribution < -0.4 is 0 Å². The van der Waals surface area contributed by atoms with Gasteiger partial charge in [0, 0.05) is 11.9 Å². The van der Waals surface area contributed by atoms with Gasteiger partial charge < -0.3 is 0 Å². The summed E-state index contributed by atoms with van der Waals surface area (Å²) in [7, 11) is 0. The molecule has 0 heterocycles. The summed E-state index contributed by atoms with van der Waals surface area (Å²) in [6.07, 6.45) is 15.8. The number of aliphatic imine (C=N–C) groups is 1. The summed E-state index contributed by atoms with van der Waals surface area (Å²) in [4.78, 5) is 4.77. The molecule has 0 aromatic heterocycles. The van der Waals surface area contributed by atoms with Crippen LogP contribution in [-0.4, -0.2) is 6.21 Å². The predicted molar refractivity (Wildman–Crippen MR) is 161 cm³/mol. The molecule has 35 heavy (non-hydrogen) atoms. The lowest BCUT2D eigenvalue weighted by atomic mass is 9.83. The van der Waals surface area contributed by atoms with E-state index in [1.165, 1.54) is 72.8 Å². The van der Waals surface area contributed by atoms with E-state index in [0.29, 0.717) is 0 Å². The quantitative estimate of drug-likeness (QED) is 0.213. The van der Waals surface area contributed by atoms with Gasteiger partial charge in [-0.2, -0.15) is 0 Å². The molecular formula is C34H55N. The molecule has 0 radical (unpaired) electrons. The third-order valence-corrected chi connectivity index (χ3v) is 6.26. The van der Waals surface area contributed by atoms with Crippen LogP contribution in [0.5, 0.6) is 0 Å². The first kappa shape index (κ1) is 32.8. The molecule has 1 unspecified atom stereocenters. The molecule has 0 amide bonds. The van der Waals surface area contributed by atoms with Gasteiger partial charge >= 0.3 is 0 Å². The SMILES string of the molecule is CC.CC=N/C(=C\CC)C(c1cccc(CCCC)c1)c1cccc(C)c1C.CCCCCCC. The molecule has 0 saturated carbocycles. The van der Waals surface area contributed by atoms with Crippen LogP contribution in [0.2, 0.25) is 0 Å². The van der Waals surface area contributed by atoms with Crippen LogP contribution in [0.4, 0.5) is 0 Å². The molecule has 196 valence electrons. The van der Waals surface area contributed by atoms with Crippen LogP contribution in [-0.2, 0) is 6.42 Å². The van der Waals surface area contributed by atoms with Gasteiger partial charge in [0.05, 0.1) is 5.92 Å². The van der Waals surface area contributed by atoms with E-state index in [9.17, 15) is 0 Å². The maximum Gasteiger partial charge on any atom is 0.0512 e. The smallest absolute Gasteiger partial charge is 0.0512 e. The van der Waals surface area contributed by atoms with Crippen LogP contribution in [0.1, 0.15) is 134 Å². The van der Waals surface area contributed by atoms with Gasteiger partial charge in [0.1, 0.15) is 0 Å². The second-order valence-corrected chi connectivity index (χ2v) is 9.06. The van der Waals surface area contributed by atoms with Crippen molar-refractivity contribution in [3.8, 4) is 0 Å². The molecule has 0 N–H and O–H groups in total. The lowest BCUT2D eigenvalue weighted by Gasteiger charge is -2.23. The van der Waals surface area contributed by atoms with Gasteiger partial charge in [-0.1, -0.05) is 129 Å². The molecule has 1 heteroatoms. The number of aryl methyl sites for hydroxylation is 2. The maximum absolute atomic E-state index is 4.77. The standard InChI is InChI=1S/C25H33N.C7H16.C2H6/c1-6-9-14-21-15-11-16-22(18-21)25(24(12-7-2)26-8-3)23-17-10-13-19(4)20(23)5;1-3-5-7-6-4-2;1-2/h8,10-13,15-18,25H,6-7,9,14H2,1-5H3;3-7H2,1-2H3;1-2H3/b24-12-,26-8?;;. The third kappa shape index (κ3) is 12.4. The molecule has 0 aliphatic rings. The van der Waals surface area contributed by atoms with Crippen molar-refractivity contribution in [1.82, 2.24) is 0 Å². The Morgan fingerprint density at radius 1 is 0.829 bits per heavy atom. The molecule has 0 bridgehead atoms. The molecule has 2 aromatic carbocycles. The van der Waals surface area contributed by atoms with E-state index in [2.05, 4.69) is 90.1 Å². The average Bonchev–Trinajstić information content (AvgIpc) is 2.88. The van der Waals surface area contributed by atoms with Gasteiger partial charge in [-0.25, -0.2) is 0 Å². The third-order valence-electron chi connectivity index (χ3n) is 6.26. The maximum atomic E-state index is 4.77. The van der Waals surface area contributed by atoms with Crippen molar-refractivity contribution < 1.29 is 0 Å². The second kappa shape index (κ2) is 21.2. The molecule has 0 aliphatic heterocycles. The molecule has 0 fully saturated rings. The topological polar surface area (TPSA) is 12.4 Å². The monoisotopic (exact) mass is 477 g/mol. The van der Waals surface area contributed by atoms with E-state index in [1.54, 1.807) is 0 Å². The fraction of sp³-hybridized carbons (Fsp3) is 0.559. The van der Waals surface area contributed by atoms with Crippen LogP contribution in [0.25, 0.3) is 0 Å². The normalized spacial score (nSPS) is 12.0. The number of hydrogen-bond acceptors (Lipinski definition) is 1. The summed E-state index contributed by atoms with van der Waals surface area (Å²) in [5.74, 6) is 0.188. The van der Waals surface area contributed by atoms with Crippen LogP contribution >= 0.6 is 0 Å². The summed E-state index contributed by atoms with van der Waals surface area (Å²) >= 11 is 0. The minimum Gasteiger partial charge on any atom is -0.265 e. The molecule has 2 rings (SSSR count). The summed E-state index contributed by atoms with van der Waals surface area (Å²) in [5.41, 5.74) is 7.99. The van der Waals surface area contributed by atoms with E-state index >= 15 is 0 Å². The Bertz CT molecular complexity index is 839. The largest absolute Gasteiger partial charge is 0.265 e. The molecule has 0 aliphatic carbocycles. The Morgan fingerprint density at radius 2 is 1.46 bits per heavy atom. The van der Waals surface area contributed by atoms with Gasteiger partial charge in [-0.3, -0.25) is 4.99 Å². The highest BCUT2D eigenvalue weighted by molar-refractivity contribution is 5.57. The lowest BCUT2D eigenvalue weighted by Crippen LogP contribution is -2.07. The first-order valence-electron chi connectivity index (χ1n) is 14.4. The zero-order chi connectivity index (χ0) is 26.5. The molecule has 1 nitrogen and oxygen atoms in total. The van der Waals surface area contributed by atoms with E-state index in [0.717, 1.165) is 18.5 Å². The van der Waals surface area contributed by atoms with E-state index < -0.39 is 0 Å². The van der Waals surface area contributed by atoms with Gasteiger partial charge in [-0.15, -0.1) is 0 Å². The van der Waals surface area contributed by atoms with Crippen molar-refractivity contribution in [1.29, 1.82) is 0 Å². The minimum absolute atomic E-state index is 0.188. The molecule has 0 saturated heterocycles. The fourth-order valence-electron chi connectivity index (χ4n) is 4.19. The first-order chi connectivity index (χ1) is 17.0. The van der Waals surface area contributed by atoms with Crippen molar-refractivity contribution >= 4 is 6.21 Å². The Morgan fingerprint density at radius 3 is 2.03 bits per heavy atom. The number of unbranched alkanes of at least 4 members (excludes halogenated alkanes) is 5. The number of benzene rings is 2. The van der Waals surface area contributed by atoms with Crippen LogP contribution in [0, 0.1) is 13.8 Å². The summed E-state index contributed by atoms with van der Waals surface area (Å²) < 4.78 is 0. The first-order valence-corrected chi connectivity index (χ1v) is 14.4. The summed E-state index contributed by atoms with van der Waals surface area (Å²) in [5, 5.41) is 0. The number of nitrogens with zero attached hydrogens (tertiary/aromatic N) is 1. The molecular weight excluding hydrogens is 422 g/mol. The molecule has 2 aromatic rings. The van der Waals surface area contributed by atoms with Crippen molar-refractivity contribution in [2.45, 2.75) is 126 Å². The molecule has 0 spiro atoms. The average molecular weight is 478 g/mol. The number of hydrogen-bond donors (Lipinski definition) is 0. The van der Waals surface area contributed by atoms with Crippen molar-refractivity contribution in [2.24, 2.45) is 4.99 Å².